The minimum absolute atomic E-state index is 0.00730. The molecule has 0 unspecified atom stereocenters. The number of hydrogen-bond donors (Lipinski definition) is 1. The van der Waals surface area contributed by atoms with E-state index in [-0.39, 0.29) is 6.61 Å². The molecular formula is C23H23BrClFN2O3. The molecule has 31 heavy (non-hydrogen) atoms. The Hall–Kier alpha value is -2.35. The number of nitrogens with zero attached hydrogens (tertiary/aromatic N) is 1. The molecular weight excluding hydrogens is 487 g/mol. The van der Waals surface area contributed by atoms with E-state index in [0.717, 1.165) is 5.56 Å². The van der Waals surface area contributed by atoms with Gasteiger partial charge in [0.25, 0.3) is 0 Å². The molecule has 1 N–H and O–H groups in total. The van der Waals surface area contributed by atoms with E-state index in [9.17, 15) is 4.39 Å². The van der Waals surface area contributed by atoms with Gasteiger partial charge in [-0.3, -0.25) is 0 Å². The molecule has 0 aliphatic heterocycles. The average Bonchev–Trinajstić information content (AvgIpc) is 2.75. The standard InChI is InChI=1S/C23H23BrClFN2O3/c1-2-29-21-13-16(14-27-10-11-30-22-8-3-4-9-28-22)12-18(24)23(21)31-15-17-19(25)6-5-7-20(17)26/h3-9,12-13,27H,2,10-11,14-15H2,1H3. The van der Waals surface area contributed by atoms with Gasteiger partial charge in [0.1, 0.15) is 19.0 Å². The summed E-state index contributed by atoms with van der Waals surface area (Å²) in [6, 6.07) is 13.9. The first kappa shape index (κ1) is 23.3. The maximum atomic E-state index is 14.0. The lowest BCUT2D eigenvalue weighted by Crippen LogP contribution is -2.21. The van der Waals surface area contributed by atoms with Gasteiger partial charge < -0.3 is 19.5 Å². The normalized spacial score (nSPS) is 10.7. The Bertz CT molecular complexity index is 972. The van der Waals surface area contributed by atoms with Crippen molar-refractivity contribution in [3.63, 3.8) is 0 Å². The molecule has 2 aromatic carbocycles. The number of hydrogen-bond acceptors (Lipinski definition) is 5. The predicted molar refractivity (Wildman–Crippen MR) is 122 cm³/mol. The lowest BCUT2D eigenvalue weighted by Gasteiger charge is -2.16. The molecule has 0 amide bonds. The van der Waals surface area contributed by atoms with Crippen molar-refractivity contribution in [3.8, 4) is 17.4 Å². The van der Waals surface area contributed by atoms with Crippen LogP contribution in [0, 0.1) is 5.82 Å². The fourth-order valence-corrected chi connectivity index (χ4v) is 3.66. The zero-order valence-electron chi connectivity index (χ0n) is 17.0. The first-order chi connectivity index (χ1) is 15.1. The number of ether oxygens (including phenoxy) is 3. The van der Waals surface area contributed by atoms with Crippen LogP contribution >= 0.6 is 27.5 Å². The molecule has 164 valence electrons. The van der Waals surface area contributed by atoms with E-state index in [4.69, 9.17) is 25.8 Å². The van der Waals surface area contributed by atoms with Crippen molar-refractivity contribution in [1.82, 2.24) is 10.3 Å². The van der Waals surface area contributed by atoms with Gasteiger partial charge in [-0.25, -0.2) is 9.37 Å². The van der Waals surface area contributed by atoms with Gasteiger partial charge >= 0.3 is 0 Å². The molecule has 3 rings (SSSR count). The van der Waals surface area contributed by atoms with Crippen LogP contribution in [0.1, 0.15) is 18.1 Å². The highest BCUT2D eigenvalue weighted by Crippen LogP contribution is 2.38. The molecule has 0 radical (unpaired) electrons. The zero-order valence-corrected chi connectivity index (χ0v) is 19.4. The summed E-state index contributed by atoms with van der Waals surface area (Å²) < 4.78 is 32.0. The molecule has 0 aliphatic rings. The molecule has 1 heterocycles. The minimum atomic E-state index is -0.407. The second-order valence-corrected chi connectivity index (χ2v) is 7.78. The quantitative estimate of drug-likeness (QED) is 0.332. The topological polar surface area (TPSA) is 52.6 Å². The number of rotatable bonds is 11. The van der Waals surface area contributed by atoms with E-state index in [2.05, 4.69) is 26.2 Å². The molecule has 3 aromatic rings. The van der Waals surface area contributed by atoms with Crippen LogP contribution in [0.5, 0.6) is 17.4 Å². The van der Waals surface area contributed by atoms with Gasteiger partial charge in [-0.1, -0.05) is 23.7 Å². The lowest BCUT2D eigenvalue weighted by atomic mass is 10.2. The van der Waals surface area contributed by atoms with Gasteiger partial charge in [-0.2, -0.15) is 0 Å². The molecule has 5 nitrogen and oxygen atoms in total. The number of nitrogens with one attached hydrogen (secondary N) is 1. The Labute approximate surface area is 194 Å². The van der Waals surface area contributed by atoms with E-state index in [1.807, 2.05) is 37.3 Å². The van der Waals surface area contributed by atoms with Gasteiger partial charge in [-0.05, 0) is 58.7 Å². The van der Waals surface area contributed by atoms with E-state index in [1.165, 1.54) is 6.07 Å². The summed E-state index contributed by atoms with van der Waals surface area (Å²) in [5, 5.41) is 3.65. The molecule has 0 saturated heterocycles. The molecule has 0 spiro atoms. The van der Waals surface area contributed by atoms with Crippen LogP contribution in [0.3, 0.4) is 0 Å². The van der Waals surface area contributed by atoms with Crippen LogP contribution in [0.2, 0.25) is 5.02 Å². The van der Waals surface area contributed by atoms with Crippen LogP contribution in [0.25, 0.3) is 0 Å². The first-order valence-corrected chi connectivity index (χ1v) is 11.0. The maximum Gasteiger partial charge on any atom is 0.213 e. The van der Waals surface area contributed by atoms with Crippen molar-refractivity contribution >= 4 is 27.5 Å². The van der Waals surface area contributed by atoms with E-state index in [1.54, 1.807) is 18.3 Å². The van der Waals surface area contributed by atoms with Crippen molar-refractivity contribution in [2.75, 3.05) is 19.8 Å². The Balaban J connectivity index is 1.60. The zero-order chi connectivity index (χ0) is 22.1. The molecule has 1 aromatic heterocycles. The summed E-state index contributed by atoms with van der Waals surface area (Å²) >= 11 is 9.64. The summed E-state index contributed by atoms with van der Waals surface area (Å²) in [6.07, 6.45) is 1.69. The summed E-state index contributed by atoms with van der Waals surface area (Å²) in [4.78, 5) is 4.12. The Morgan fingerprint density at radius 1 is 1.10 bits per heavy atom. The molecule has 8 heteroatoms. The second-order valence-electron chi connectivity index (χ2n) is 6.52. The summed E-state index contributed by atoms with van der Waals surface area (Å²) in [5.74, 6) is 1.27. The van der Waals surface area contributed by atoms with Crippen molar-refractivity contribution in [3.05, 3.63) is 81.2 Å². The maximum absolute atomic E-state index is 14.0. The van der Waals surface area contributed by atoms with Crippen LogP contribution in [-0.2, 0) is 13.2 Å². The highest BCUT2D eigenvalue weighted by molar-refractivity contribution is 9.10. The van der Waals surface area contributed by atoms with Crippen LogP contribution in [-0.4, -0.2) is 24.7 Å². The molecule has 0 aliphatic carbocycles. The van der Waals surface area contributed by atoms with Crippen molar-refractivity contribution in [2.24, 2.45) is 0 Å². The van der Waals surface area contributed by atoms with Gasteiger partial charge in [0.2, 0.25) is 5.88 Å². The van der Waals surface area contributed by atoms with Gasteiger partial charge in [0.15, 0.2) is 11.5 Å². The first-order valence-electron chi connectivity index (χ1n) is 9.84. The summed E-state index contributed by atoms with van der Waals surface area (Å²) in [7, 11) is 0. The summed E-state index contributed by atoms with van der Waals surface area (Å²) in [6.45, 7) is 4.13. The van der Waals surface area contributed by atoms with Gasteiger partial charge in [-0.15, -0.1) is 0 Å². The molecule has 0 fully saturated rings. The van der Waals surface area contributed by atoms with Crippen molar-refractivity contribution in [2.45, 2.75) is 20.1 Å². The van der Waals surface area contributed by atoms with Crippen molar-refractivity contribution < 1.29 is 18.6 Å². The summed E-state index contributed by atoms with van der Waals surface area (Å²) in [5.41, 5.74) is 1.31. The van der Waals surface area contributed by atoms with E-state index in [0.29, 0.717) is 58.7 Å². The minimum Gasteiger partial charge on any atom is -0.490 e. The number of halogens is 3. The predicted octanol–water partition coefficient (Wildman–Crippen LogP) is 5.78. The third-order valence-electron chi connectivity index (χ3n) is 4.29. The number of pyridine rings is 1. The van der Waals surface area contributed by atoms with Gasteiger partial charge in [0, 0.05) is 30.9 Å². The molecule has 0 atom stereocenters. The monoisotopic (exact) mass is 508 g/mol. The number of benzene rings is 2. The molecule has 0 saturated carbocycles. The third-order valence-corrected chi connectivity index (χ3v) is 5.23. The lowest BCUT2D eigenvalue weighted by molar-refractivity contribution is 0.264. The SMILES string of the molecule is CCOc1cc(CNCCOc2ccccn2)cc(Br)c1OCc1c(F)cccc1Cl. The van der Waals surface area contributed by atoms with E-state index >= 15 is 0 Å². The Morgan fingerprint density at radius 3 is 2.71 bits per heavy atom. The Kier molecular flexibility index (Phi) is 8.94. The van der Waals surface area contributed by atoms with Crippen LogP contribution in [0.4, 0.5) is 4.39 Å². The van der Waals surface area contributed by atoms with Crippen LogP contribution < -0.4 is 19.5 Å². The smallest absolute Gasteiger partial charge is 0.213 e. The van der Waals surface area contributed by atoms with E-state index < -0.39 is 5.82 Å². The fourth-order valence-electron chi connectivity index (χ4n) is 2.83. The fraction of sp³-hybridized carbons (Fsp3) is 0.261. The average molecular weight is 510 g/mol. The highest BCUT2D eigenvalue weighted by Gasteiger charge is 2.15. The Morgan fingerprint density at radius 2 is 1.97 bits per heavy atom. The largest absolute Gasteiger partial charge is 0.490 e. The van der Waals surface area contributed by atoms with Gasteiger partial charge in [0.05, 0.1) is 16.1 Å². The second kappa shape index (κ2) is 11.9. The number of aromatic nitrogens is 1. The molecule has 0 bridgehead atoms. The van der Waals surface area contributed by atoms with Crippen LogP contribution in [0.15, 0.2) is 59.2 Å². The third kappa shape index (κ3) is 6.82. The van der Waals surface area contributed by atoms with Crippen molar-refractivity contribution in [1.29, 1.82) is 0 Å². The highest BCUT2D eigenvalue weighted by atomic mass is 79.9.